The highest BCUT2D eigenvalue weighted by Gasteiger charge is 2.31. The number of carbonyl (C=O) groups is 2. The second-order valence-electron chi connectivity index (χ2n) is 3.66. The third-order valence-electron chi connectivity index (χ3n) is 2.57. The number of ketones is 1. The fourth-order valence-corrected chi connectivity index (χ4v) is 1.78. The molecule has 0 unspecified atom stereocenters. The van der Waals surface area contributed by atoms with E-state index in [9.17, 15) is 14.0 Å². The number of benzene rings is 1. The summed E-state index contributed by atoms with van der Waals surface area (Å²) in [6.45, 7) is 0.293. The van der Waals surface area contributed by atoms with E-state index >= 15 is 0 Å². The van der Waals surface area contributed by atoms with Crippen molar-refractivity contribution in [3.05, 3.63) is 35.1 Å². The first-order chi connectivity index (χ1) is 7.63. The number of rotatable bonds is 2. The van der Waals surface area contributed by atoms with E-state index in [1.165, 1.54) is 6.07 Å². The van der Waals surface area contributed by atoms with E-state index in [4.69, 9.17) is 5.73 Å². The number of amides is 1. The number of Topliss-reactive ketones (excluding diaryl/α,β-unsaturated/α-hetero) is 1. The molecule has 0 saturated carbocycles. The molecule has 84 valence electrons. The summed E-state index contributed by atoms with van der Waals surface area (Å²) in [5.74, 6) is -1.15. The Hall–Kier alpha value is -1.75. The summed E-state index contributed by atoms with van der Waals surface area (Å²) in [7, 11) is 0. The molecule has 1 heterocycles. The van der Waals surface area contributed by atoms with Crippen LogP contribution in [0.25, 0.3) is 0 Å². The predicted molar refractivity (Wildman–Crippen MR) is 55.7 cm³/mol. The lowest BCUT2D eigenvalue weighted by Crippen LogP contribution is -2.47. The zero-order valence-electron chi connectivity index (χ0n) is 8.50. The minimum absolute atomic E-state index is 0.141. The SMILES string of the molecule is NCC[C@@H]1NC(=O)c2ccc(F)cc2C1=O. The Morgan fingerprint density at radius 3 is 2.75 bits per heavy atom. The van der Waals surface area contributed by atoms with Gasteiger partial charge in [0.2, 0.25) is 0 Å². The van der Waals surface area contributed by atoms with Crippen molar-refractivity contribution in [2.45, 2.75) is 12.5 Å². The molecule has 1 aliphatic rings. The van der Waals surface area contributed by atoms with Crippen LogP contribution in [0.2, 0.25) is 0 Å². The van der Waals surface area contributed by atoms with Gasteiger partial charge in [0, 0.05) is 5.56 Å². The van der Waals surface area contributed by atoms with Gasteiger partial charge in [-0.05, 0) is 31.2 Å². The lowest BCUT2D eigenvalue weighted by molar-refractivity contribution is 0.0824. The highest BCUT2D eigenvalue weighted by molar-refractivity contribution is 6.15. The number of fused-ring (bicyclic) bond motifs is 1. The fourth-order valence-electron chi connectivity index (χ4n) is 1.78. The lowest BCUT2D eigenvalue weighted by Gasteiger charge is -2.23. The van der Waals surface area contributed by atoms with E-state index in [1.807, 2.05) is 0 Å². The topological polar surface area (TPSA) is 72.2 Å². The van der Waals surface area contributed by atoms with Crippen LogP contribution in [-0.2, 0) is 0 Å². The van der Waals surface area contributed by atoms with E-state index in [0.29, 0.717) is 13.0 Å². The first-order valence-corrected chi connectivity index (χ1v) is 4.98. The highest BCUT2D eigenvalue weighted by Crippen LogP contribution is 2.19. The molecule has 0 spiro atoms. The fraction of sp³-hybridized carbons (Fsp3) is 0.273. The molecule has 3 N–H and O–H groups in total. The maximum absolute atomic E-state index is 13.0. The average molecular weight is 222 g/mol. The Balaban J connectivity index is 2.44. The van der Waals surface area contributed by atoms with Crippen LogP contribution in [0.15, 0.2) is 18.2 Å². The summed E-state index contributed by atoms with van der Waals surface area (Å²) in [5, 5.41) is 2.55. The molecule has 16 heavy (non-hydrogen) atoms. The summed E-state index contributed by atoms with van der Waals surface area (Å²) in [4.78, 5) is 23.5. The molecule has 2 rings (SSSR count). The van der Waals surface area contributed by atoms with Gasteiger partial charge in [0.05, 0.1) is 11.6 Å². The van der Waals surface area contributed by atoms with Gasteiger partial charge < -0.3 is 11.1 Å². The summed E-state index contributed by atoms with van der Waals surface area (Å²) in [5.41, 5.74) is 5.70. The molecule has 0 saturated heterocycles. The predicted octanol–water partition coefficient (Wildman–Crippen LogP) is 0.469. The highest BCUT2D eigenvalue weighted by atomic mass is 19.1. The number of hydrogen-bond acceptors (Lipinski definition) is 3. The van der Waals surface area contributed by atoms with Crippen LogP contribution >= 0.6 is 0 Å². The van der Waals surface area contributed by atoms with Gasteiger partial charge in [-0.25, -0.2) is 4.39 Å². The van der Waals surface area contributed by atoms with E-state index < -0.39 is 11.9 Å². The Bertz CT molecular complexity index is 459. The van der Waals surface area contributed by atoms with Crippen LogP contribution in [0.5, 0.6) is 0 Å². The van der Waals surface area contributed by atoms with E-state index in [2.05, 4.69) is 5.32 Å². The number of halogens is 1. The maximum Gasteiger partial charge on any atom is 0.252 e. The van der Waals surface area contributed by atoms with Crippen molar-refractivity contribution in [1.29, 1.82) is 0 Å². The summed E-state index contributed by atoms with van der Waals surface area (Å²) >= 11 is 0. The van der Waals surface area contributed by atoms with Gasteiger partial charge in [0.15, 0.2) is 5.78 Å². The minimum atomic E-state index is -0.633. The third kappa shape index (κ3) is 1.69. The van der Waals surface area contributed by atoms with Crippen molar-refractivity contribution in [2.75, 3.05) is 6.54 Å². The Kier molecular flexibility index (Phi) is 2.70. The molecule has 1 aliphatic heterocycles. The van der Waals surface area contributed by atoms with Crippen molar-refractivity contribution in [2.24, 2.45) is 5.73 Å². The summed E-state index contributed by atoms with van der Waals surface area (Å²) in [6.07, 6.45) is 0.362. The van der Waals surface area contributed by atoms with Crippen molar-refractivity contribution in [3.63, 3.8) is 0 Å². The molecule has 0 radical (unpaired) electrons. The second-order valence-corrected chi connectivity index (χ2v) is 3.66. The summed E-state index contributed by atoms with van der Waals surface area (Å²) in [6, 6.07) is 2.94. The quantitative estimate of drug-likeness (QED) is 0.764. The number of nitrogens with one attached hydrogen (secondary N) is 1. The molecule has 0 bridgehead atoms. The van der Waals surface area contributed by atoms with Gasteiger partial charge in [0.25, 0.3) is 5.91 Å². The zero-order chi connectivity index (χ0) is 11.7. The molecular formula is C11H11FN2O2. The van der Waals surface area contributed by atoms with Crippen LogP contribution in [0, 0.1) is 5.82 Å². The van der Waals surface area contributed by atoms with Gasteiger partial charge >= 0.3 is 0 Å². The van der Waals surface area contributed by atoms with Gasteiger partial charge in [-0.3, -0.25) is 9.59 Å². The van der Waals surface area contributed by atoms with E-state index in [1.54, 1.807) is 0 Å². The Labute approximate surface area is 91.6 Å². The normalized spacial score (nSPS) is 19.2. The second kappa shape index (κ2) is 4.02. The molecule has 0 aliphatic carbocycles. The summed E-state index contributed by atoms with van der Waals surface area (Å²) < 4.78 is 13.0. The van der Waals surface area contributed by atoms with Crippen LogP contribution in [-0.4, -0.2) is 24.3 Å². The molecule has 4 nitrogen and oxygen atoms in total. The monoisotopic (exact) mass is 222 g/mol. The smallest absolute Gasteiger partial charge is 0.252 e. The van der Waals surface area contributed by atoms with Crippen molar-refractivity contribution < 1.29 is 14.0 Å². The van der Waals surface area contributed by atoms with E-state index in [0.717, 1.165) is 12.1 Å². The largest absolute Gasteiger partial charge is 0.342 e. The first kappa shape index (κ1) is 10.8. The van der Waals surface area contributed by atoms with Gasteiger partial charge in [-0.1, -0.05) is 0 Å². The van der Waals surface area contributed by atoms with Crippen molar-refractivity contribution >= 4 is 11.7 Å². The molecule has 1 aromatic rings. The van der Waals surface area contributed by atoms with Crippen LogP contribution in [0.3, 0.4) is 0 Å². The minimum Gasteiger partial charge on any atom is -0.342 e. The van der Waals surface area contributed by atoms with Crippen LogP contribution < -0.4 is 11.1 Å². The van der Waals surface area contributed by atoms with Gasteiger partial charge in [0.1, 0.15) is 5.82 Å². The molecule has 5 heteroatoms. The number of hydrogen-bond donors (Lipinski definition) is 2. The molecular weight excluding hydrogens is 211 g/mol. The number of nitrogens with two attached hydrogens (primary N) is 1. The van der Waals surface area contributed by atoms with E-state index in [-0.39, 0.29) is 22.8 Å². The molecule has 1 aromatic carbocycles. The first-order valence-electron chi connectivity index (χ1n) is 4.98. The third-order valence-corrected chi connectivity index (χ3v) is 2.57. The van der Waals surface area contributed by atoms with Gasteiger partial charge in [-0.2, -0.15) is 0 Å². The van der Waals surface area contributed by atoms with Crippen LogP contribution in [0.1, 0.15) is 27.1 Å². The Morgan fingerprint density at radius 2 is 2.06 bits per heavy atom. The molecule has 0 aromatic heterocycles. The van der Waals surface area contributed by atoms with Crippen LogP contribution in [0.4, 0.5) is 4.39 Å². The van der Waals surface area contributed by atoms with Gasteiger partial charge in [-0.15, -0.1) is 0 Å². The molecule has 0 fully saturated rings. The zero-order valence-corrected chi connectivity index (χ0v) is 8.50. The average Bonchev–Trinajstić information content (AvgIpc) is 2.25. The maximum atomic E-state index is 13.0. The van der Waals surface area contributed by atoms with Crippen molar-refractivity contribution in [3.8, 4) is 0 Å². The molecule has 1 atom stereocenters. The van der Waals surface area contributed by atoms with Crippen molar-refractivity contribution in [1.82, 2.24) is 5.32 Å². The molecule has 1 amide bonds. The standard InChI is InChI=1S/C11H11FN2O2/c12-6-1-2-7-8(5-6)10(15)9(3-4-13)14-11(7)16/h1-2,5,9H,3-4,13H2,(H,14,16)/t9-/m0/s1. The Morgan fingerprint density at radius 1 is 1.31 bits per heavy atom. The number of carbonyl (C=O) groups excluding carboxylic acids is 2. The lowest BCUT2D eigenvalue weighted by atomic mass is 9.92.